The van der Waals surface area contributed by atoms with E-state index in [-0.39, 0.29) is 12.0 Å². The molecule has 1 aromatic heterocycles. The van der Waals surface area contributed by atoms with E-state index in [2.05, 4.69) is 42.5 Å². The lowest BCUT2D eigenvalue weighted by Crippen LogP contribution is -2.35. The van der Waals surface area contributed by atoms with E-state index in [0.29, 0.717) is 24.1 Å². The number of thioether (sulfide) groups is 1. The molecule has 0 saturated carbocycles. The van der Waals surface area contributed by atoms with Crippen LogP contribution in [0.2, 0.25) is 0 Å². The van der Waals surface area contributed by atoms with Crippen molar-refractivity contribution in [3.05, 3.63) is 24.3 Å². The highest BCUT2D eigenvalue weighted by Gasteiger charge is 2.23. The molecule has 1 unspecified atom stereocenters. The first-order valence-electron chi connectivity index (χ1n) is 12.5. The number of aromatic nitrogens is 3. The van der Waals surface area contributed by atoms with Crippen LogP contribution in [0.4, 0.5) is 0 Å². The van der Waals surface area contributed by atoms with Gasteiger partial charge in [0.1, 0.15) is 5.75 Å². The summed E-state index contributed by atoms with van der Waals surface area (Å²) >= 11 is 1.48. The number of hydrogen-bond acceptors (Lipinski definition) is 6. The van der Waals surface area contributed by atoms with Crippen molar-refractivity contribution in [2.75, 3.05) is 32.6 Å². The lowest BCUT2D eigenvalue weighted by atomic mass is 10.1. The van der Waals surface area contributed by atoms with Crippen LogP contribution in [-0.2, 0) is 16.1 Å². The number of carbonyl (C=O) groups is 1. The van der Waals surface area contributed by atoms with Crippen molar-refractivity contribution in [3.63, 3.8) is 0 Å². The summed E-state index contributed by atoms with van der Waals surface area (Å²) < 4.78 is 13.3. The molecule has 0 aliphatic carbocycles. The highest BCUT2D eigenvalue weighted by Crippen LogP contribution is 2.28. The van der Waals surface area contributed by atoms with Crippen molar-refractivity contribution in [2.45, 2.75) is 71.2 Å². The first-order chi connectivity index (χ1) is 16.4. The van der Waals surface area contributed by atoms with Crippen molar-refractivity contribution in [1.82, 2.24) is 19.7 Å². The smallest absolute Gasteiger partial charge is 0.233 e. The average Bonchev–Trinajstić information content (AvgIpc) is 3.47. The van der Waals surface area contributed by atoms with Gasteiger partial charge >= 0.3 is 0 Å². The zero-order chi connectivity index (χ0) is 24.5. The SMILES string of the molecule is COc1ccc(-c2nnc(SCC(=O)N(CCC(C)C)CCC(C)C)n2CC2CCCO2)cc1. The van der Waals surface area contributed by atoms with Crippen LogP contribution in [0.1, 0.15) is 53.4 Å². The van der Waals surface area contributed by atoms with Crippen LogP contribution in [0.25, 0.3) is 11.4 Å². The molecule has 1 amide bonds. The van der Waals surface area contributed by atoms with E-state index in [9.17, 15) is 4.79 Å². The third-order valence-corrected chi connectivity index (χ3v) is 7.06. The van der Waals surface area contributed by atoms with E-state index < -0.39 is 0 Å². The molecule has 1 aliphatic heterocycles. The van der Waals surface area contributed by atoms with Crippen molar-refractivity contribution < 1.29 is 14.3 Å². The van der Waals surface area contributed by atoms with E-state index in [1.165, 1.54) is 11.8 Å². The summed E-state index contributed by atoms with van der Waals surface area (Å²) in [7, 11) is 1.66. The number of amides is 1. The Hall–Kier alpha value is -2.06. The quantitative estimate of drug-likeness (QED) is 0.363. The highest BCUT2D eigenvalue weighted by atomic mass is 32.2. The maximum absolute atomic E-state index is 13.2. The summed E-state index contributed by atoms with van der Waals surface area (Å²) in [6.07, 6.45) is 4.29. The molecule has 2 heterocycles. The summed E-state index contributed by atoms with van der Waals surface area (Å²) in [5.74, 6) is 3.28. The second kappa shape index (κ2) is 13.1. The minimum atomic E-state index is 0.150. The van der Waals surface area contributed by atoms with Gasteiger partial charge in [0, 0.05) is 25.3 Å². The van der Waals surface area contributed by atoms with Gasteiger partial charge in [0.05, 0.1) is 25.5 Å². The molecule has 1 fully saturated rings. The minimum Gasteiger partial charge on any atom is -0.497 e. The lowest BCUT2D eigenvalue weighted by molar-refractivity contribution is -0.128. The van der Waals surface area contributed by atoms with Crippen LogP contribution < -0.4 is 4.74 Å². The van der Waals surface area contributed by atoms with Gasteiger partial charge < -0.3 is 14.4 Å². The molecule has 8 heteroatoms. The topological polar surface area (TPSA) is 69.5 Å². The zero-order valence-corrected chi connectivity index (χ0v) is 22.1. The summed E-state index contributed by atoms with van der Waals surface area (Å²) in [6, 6.07) is 7.85. The van der Waals surface area contributed by atoms with E-state index in [4.69, 9.17) is 9.47 Å². The van der Waals surface area contributed by atoms with Crippen molar-refractivity contribution in [1.29, 1.82) is 0 Å². The minimum absolute atomic E-state index is 0.150. The normalized spacial score (nSPS) is 15.9. The number of methoxy groups -OCH3 is 1. The molecule has 0 N–H and O–H groups in total. The third-order valence-electron chi connectivity index (χ3n) is 6.11. The first kappa shape index (κ1) is 26.5. The third kappa shape index (κ3) is 7.73. The number of rotatable bonds is 13. The van der Waals surface area contributed by atoms with Gasteiger partial charge in [-0.15, -0.1) is 10.2 Å². The molecule has 1 saturated heterocycles. The maximum atomic E-state index is 13.2. The molecule has 0 radical (unpaired) electrons. The predicted molar refractivity (Wildman–Crippen MR) is 137 cm³/mol. The summed E-state index contributed by atoms with van der Waals surface area (Å²) in [5, 5.41) is 9.74. The Labute approximate surface area is 208 Å². The van der Waals surface area contributed by atoms with E-state index in [0.717, 1.165) is 67.7 Å². The molecule has 3 rings (SSSR count). The van der Waals surface area contributed by atoms with Gasteiger partial charge in [-0.1, -0.05) is 39.5 Å². The number of carbonyl (C=O) groups excluding carboxylic acids is 1. The summed E-state index contributed by atoms with van der Waals surface area (Å²) in [5.41, 5.74) is 0.972. The van der Waals surface area contributed by atoms with Gasteiger partial charge in [0.25, 0.3) is 0 Å². The lowest BCUT2D eigenvalue weighted by Gasteiger charge is -2.24. The molecule has 188 valence electrons. The van der Waals surface area contributed by atoms with Crippen LogP contribution in [0.3, 0.4) is 0 Å². The van der Waals surface area contributed by atoms with Crippen LogP contribution in [0.5, 0.6) is 5.75 Å². The van der Waals surface area contributed by atoms with Crippen LogP contribution >= 0.6 is 11.8 Å². The van der Waals surface area contributed by atoms with Gasteiger partial charge in [-0.3, -0.25) is 9.36 Å². The Morgan fingerprint density at radius 2 is 1.82 bits per heavy atom. The van der Waals surface area contributed by atoms with Gasteiger partial charge in [-0.25, -0.2) is 0 Å². The van der Waals surface area contributed by atoms with Crippen molar-refractivity contribution >= 4 is 17.7 Å². The monoisotopic (exact) mass is 488 g/mol. The van der Waals surface area contributed by atoms with E-state index >= 15 is 0 Å². The first-order valence-corrected chi connectivity index (χ1v) is 13.5. The number of nitrogens with zero attached hydrogens (tertiary/aromatic N) is 4. The fourth-order valence-corrected chi connectivity index (χ4v) is 4.76. The van der Waals surface area contributed by atoms with E-state index in [1.807, 2.05) is 29.2 Å². The fraction of sp³-hybridized carbons (Fsp3) is 0.654. The largest absolute Gasteiger partial charge is 0.497 e. The number of hydrogen-bond donors (Lipinski definition) is 0. The highest BCUT2D eigenvalue weighted by molar-refractivity contribution is 7.99. The van der Waals surface area contributed by atoms with Gasteiger partial charge in [-0.05, 0) is 61.8 Å². The maximum Gasteiger partial charge on any atom is 0.233 e. The molecular formula is C26H40N4O3S. The van der Waals surface area contributed by atoms with Crippen LogP contribution in [-0.4, -0.2) is 64.2 Å². The van der Waals surface area contributed by atoms with Crippen LogP contribution in [0.15, 0.2) is 29.4 Å². The Morgan fingerprint density at radius 3 is 2.38 bits per heavy atom. The van der Waals surface area contributed by atoms with Gasteiger partial charge in [-0.2, -0.15) is 0 Å². The Bertz CT molecular complexity index is 880. The fourth-order valence-electron chi connectivity index (χ4n) is 3.91. The molecular weight excluding hydrogens is 448 g/mol. The molecule has 7 nitrogen and oxygen atoms in total. The average molecular weight is 489 g/mol. The molecule has 34 heavy (non-hydrogen) atoms. The molecule has 1 atom stereocenters. The molecule has 0 spiro atoms. The second-order valence-corrected chi connectivity index (χ2v) is 10.8. The number of benzene rings is 1. The Balaban J connectivity index is 1.74. The second-order valence-electron chi connectivity index (χ2n) is 9.81. The standard InChI is InChI=1S/C26H40N4O3S/c1-19(2)12-14-29(15-13-20(3)4)24(31)18-34-26-28-27-25(21-8-10-22(32-5)11-9-21)30(26)17-23-7-6-16-33-23/h8-11,19-20,23H,6-7,12-18H2,1-5H3. The molecule has 2 aromatic rings. The Kier molecular flexibility index (Phi) is 10.3. The molecule has 1 aromatic carbocycles. The van der Waals surface area contributed by atoms with Crippen LogP contribution in [0, 0.1) is 11.8 Å². The number of ether oxygens (including phenoxy) is 2. The van der Waals surface area contributed by atoms with E-state index in [1.54, 1.807) is 7.11 Å². The summed E-state index contributed by atoms with van der Waals surface area (Å²) in [4.78, 5) is 15.2. The molecule has 0 bridgehead atoms. The predicted octanol–water partition coefficient (Wildman–Crippen LogP) is 5.15. The summed E-state index contributed by atoms with van der Waals surface area (Å²) in [6.45, 7) is 11.9. The Morgan fingerprint density at radius 1 is 1.15 bits per heavy atom. The van der Waals surface area contributed by atoms with Crippen molar-refractivity contribution in [2.24, 2.45) is 11.8 Å². The zero-order valence-electron chi connectivity index (χ0n) is 21.3. The molecule has 1 aliphatic rings. The van der Waals surface area contributed by atoms with Crippen molar-refractivity contribution in [3.8, 4) is 17.1 Å². The van der Waals surface area contributed by atoms with Gasteiger partial charge in [0.2, 0.25) is 5.91 Å². The van der Waals surface area contributed by atoms with Gasteiger partial charge in [0.15, 0.2) is 11.0 Å².